The van der Waals surface area contributed by atoms with Crippen molar-refractivity contribution in [1.82, 2.24) is 5.32 Å². The highest BCUT2D eigenvalue weighted by atomic mass is 35.5. The Balaban J connectivity index is 2.88. The Bertz CT molecular complexity index is 533. The molecule has 1 rings (SSSR count). The number of primary amides is 1. The molecule has 1 aromatic rings. The average Bonchev–Trinajstić information content (AvgIpc) is 2.27. The smallest absolute Gasteiger partial charge is 0.339 e. The van der Waals surface area contributed by atoms with Crippen LogP contribution in [0.15, 0.2) is 18.2 Å². The lowest BCUT2D eigenvalue weighted by molar-refractivity contribution is -0.119. The number of halogens is 1. The number of urea groups is 1. The van der Waals surface area contributed by atoms with Crippen LogP contribution in [0.2, 0.25) is 5.02 Å². The third-order valence-corrected chi connectivity index (χ3v) is 2.57. The number of aromatic carboxylic acids is 1. The van der Waals surface area contributed by atoms with Gasteiger partial charge >= 0.3 is 12.0 Å². The van der Waals surface area contributed by atoms with Gasteiger partial charge in [-0.2, -0.15) is 0 Å². The van der Waals surface area contributed by atoms with Crippen molar-refractivity contribution in [2.75, 3.05) is 5.32 Å². The lowest BCUT2D eigenvalue weighted by Gasteiger charge is -2.13. The molecular formula is C11H12ClN3O4. The average molecular weight is 286 g/mol. The second kappa shape index (κ2) is 6.05. The van der Waals surface area contributed by atoms with Crippen LogP contribution in [0.4, 0.5) is 10.5 Å². The molecule has 0 fully saturated rings. The fraction of sp³-hybridized carbons (Fsp3) is 0.182. The number of hydrogen-bond acceptors (Lipinski definition) is 3. The summed E-state index contributed by atoms with van der Waals surface area (Å²) in [6.45, 7) is 1.40. The summed E-state index contributed by atoms with van der Waals surface area (Å²) in [4.78, 5) is 33.4. The summed E-state index contributed by atoms with van der Waals surface area (Å²) < 4.78 is 0. The van der Waals surface area contributed by atoms with E-state index in [1.165, 1.54) is 25.1 Å². The van der Waals surface area contributed by atoms with Crippen LogP contribution in [0.5, 0.6) is 0 Å². The summed E-state index contributed by atoms with van der Waals surface area (Å²) in [6, 6.07) is 2.62. The molecule has 5 N–H and O–H groups in total. The Hall–Kier alpha value is -2.28. The van der Waals surface area contributed by atoms with E-state index in [0.717, 1.165) is 0 Å². The predicted molar refractivity (Wildman–Crippen MR) is 69.2 cm³/mol. The minimum Gasteiger partial charge on any atom is -0.478 e. The number of carboxylic acid groups (broad SMARTS) is 1. The third kappa shape index (κ3) is 3.85. The highest BCUT2D eigenvalue weighted by Crippen LogP contribution is 2.24. The van der Waals surface area contributed by atoms with E-state index in [1.807, 2.05) is 0 Å². The van der Waals surface area contributed by atoms with E-state index in [-0.39, 0.29) is 16.3 Å². The van der Waals surface area contributed by atoms with Crippen LogP contribution in [-0.2, 0) is 4.79 Å². The van der Waals surface area contributed by atoms with Gasteiger partial charge in [-0.05, 0) is 19.1 Å². The molecule has 7 nitrogen and oxygen atoms in total. The Kier molecular flexibility index (Phi) is 4.71. The van der Waals surface area contributed by atoms with Gasteiger partial charge in [0.1, 0.15) is 11.6 Å². The van der Waals surface area contributed by atoms with E-state index in [2.05, 4.69) is 10.6 Å². The Morgan fingerprint density at radius 1 is 1.37 bits per heavy atom. The largest absolute Gasteiger partial charge is 0.478 e. The minimum absolute atomic E-state index is 0.00625. The molecule has 0 aliphatic rings. The molecule has 0 aromatic heterocycles. The number of benzene rings is 1. The second-order valence-corrected chi connectivity index (χ2v) is 4.10. The van der Waals surface area contributed by atoms with Crippen molar-refractivity contribution in [1.29, 1.82) is 0 Å². The van der Waals surface area contributed by atoms with Crippen molar-refractivity contribution < 1.29 is 19.5 Å². The molecule has 0 saturated carbocycles. The normalized spacial score (nSPS) is 11.5. The van der Waals surface area contributed by atoms with Crippen LogP contribution in [0, 0.1) is 0 Å². The van der Waals surface area contributed by atoms with Crippen LogP contribution in [0.1, 0.15) is 17.3 Å². The zero-order valence-electron chi connectivity index (χ0n) is 9.94. The van der Waals surface area contributed by atoms with Gasteiger partial charge in [0.05, 0.1) is 10.7 Å². The molecule has 0 aliphatic heterocycles. The van der Waals surface area contributed by atoms with Gasteiger partial charge in [-0.3, -0.25) is 4.79 Å². The van der Waals surface area contributed by atoms with E-state index in [0.29, 0.717) is 0 Å². The number of nitrogens with one attached hydrogen (secondary N) is 2. The summed E-state index contributed by atoms with van der Waals surface area (Å²) in [5.74, 6) is -1.98. The zero-order valence-corrected chi connectivity index (χ0v) is 10.7. The lowest BCUT2D eigenvalue weighted by atomic mass is 10.2. The van der Waals surface area contributed by atoms with E-state index < -0.39 is 23.9 Å². The first-order valence-electron chi connectivity index (χ1n) is 5.21. The molecule has 8 heteroatoms. The number of rotatable bonds is 4. The van der Waals surface area contributed by atoms with E-state index in [9.17, 15) is 14.4 Å². The summed E-state index contributed by atoms with van der Waals surface area (Å²) in [6.07, 6.45) is 0. The van der Waals surface area contributed by atoms with Crippen LogP contribution in [0.3, 0.4) is 0 Å². The second-order valence-electron chi connectivity index (χ2n) is 3.69. The van der Waals surface area contributed by atoms with Crippen molar-refractivity contribution in [2.45, 2.75) is 13.0 Å². The minimum atomic E-state index is -1.27. The number of amides is 3. The molecule has 0 spiro atoms. The molecule has 19 heavy (non-hydrogen) atoms. The molecule has 1 unspecified atom stereocenters. The zero-order chi connectivity index (χ0) is 14.6. The standard InChI is InChI=1S/C11H12ClN3O4/c1-5(9(13)16)14-11(19)15-7-4-2-3-6(12)8(7)10(17)18/h2-5H,1H3,(H2,13,16)(H,17,18)(H2,14,15,19). The Morgan fingerprint density at radius 2 is 2.00 bits per heavy atom. The summed E-state index contributed by atoms with van der Waals surface area (Å²) in [7, 11) is 0. The monoisotopic (exact) mass is 285 g/mol. The molecule has 0 radical (unpaired) electrons. The van der Waals surface area contributed by atoms with Crippen LogP contribution < -0.4 is 16.4 Å². The van der Waals surface area contributed by atoms with Gasteiger partial charge in [-0.1, -0.05) is 17.7 Å². The van der Waals surface area contributed by atoms with Gasteiger partial charge in [-0.15, -0.1) is 0 Å². The summed E-state index contributed by atoms with van der Waals surface area (Å²) >= 11 is 5.74. The highest BCUT2D eigenvalue weighted by molar-refractivity contribution is 6.34. The van der Waals surface area contributed by atoms with Crippen molar-refractivity contribution in [3.05, 3.63) is 28.8 Å². The Morgan fingerprint density at radius 3 is 2.53 bits per heavy atom. The summed E-state index contributed by atoms with van der Waals surface area (Å²) in [5.41, 5.74) is 4.78. The number of anilines is 1. The van der Waals surface area contributed by atoms with Crippen LogP contribution in [0.25, 0.3) is 0 Å². The fourth-order valence-corrected chi connectivity index (χ4v) is 1.53. The SMILES string of the molecule is CC(NC(=O)Nc1cccc(Cl)c1C(=O)O)C(N)=O. The lowest BCUT2D eigenvalue weighted by Crippen LogP contribution is -2.44. The molecule has 1 aromatic carbocycles. The predicted octanol–water partition coefficient (Wildman–Crippen LogP) is 1.03. The molecule has 0 bridgehead atoms. The van der Waals surface area contributed by atoms with Crippen molar-refractivity contribution >= 4 is 35.2 Å². The molecular weight excluding hydrogens is 274 g/mol. The topological polar surface area (TPSA) is 122 Å². The maximum atomic E-state index is 11.5. The fourth-order valence-electron chi connectivity index (χ4n) is 1.27. The van der Waals surface area contributed by atoms with Crippen molar-refractivity contribution in [2.24, 2.45) is 5.73 Å². The van der Waals surface area contributed by atoms with Crippen LogP contribution >= 0.6 is 11.6 Å². The van der Waals surface area contributed by atoms with Gasteiger partial charge in [-0.25, -0.2) is 9.59 Å². The number of carboxylic acids is 1. The third-order valence-electron chi connectivity index (χ3n) is 2.25. The van der Waals surface area contributed by atoms with E-state index in [1.54, 1.807) is 0 Å². The molecule has 0 heterocycles. The number of carbonyl (C=O) groups excluding carboxylic acids is 2. The van der Waals surface area contributed by atoms with Crippen molar-refractivity contribution in [3.8, 4) is 0 Å². The van der Waals surface area contributed by atoms with Gasteiger partial charge in [0, 0.05) is 0 Å². The first kappa shape index (κ1) is 14.8. The first-order chi connectivity index (χ1) is 8.82. The molecule has 3 amide bonds. The van der Waals surface area contributed by atoms with Crippen LogP contribution in [-0.4, -0.2) is 29.1 Å². The highest BCUT2D eigenvalue weighted by Gasteiger charge is 2.17. The molecule has 102 valence electrons. The summed E-state index contributed by atoms with van der Waals surface area (Å²) in [5, 5.41) is 13.5. The molecule has 0 aliphatic carbocycles. The van der Waals surface area contributed by atoms with Gasteiger partial charge in [0.2, 0.25) is 5.91 Å². The Labute approximate surface area is 113 Å². The maximum Gasteiger partial charge on any atom is 0.339 e. The van der Waals surface area contributed by atoms with E-state index >= 15 is 0 Å². The molecule has 0 saturated heterocycles. The number of nitrogens with two attached hydrogens (primary N) is 1. The van der Waals surface area contributed by atoms with E-state index in [4.69, 9.17) is 22.4 Å². The number of carbonyl (C=O) groups is 3. The van der Waals surface area contributed by atoms with Gasteiger partial charge < -0.3 is 21.5 Å². The first-order valence-corrected chi connectivity index (χ1v) is 5.59. The van der Waals surface area contributed by atoms with Crippen molar-refractivity contribution in [3.63, 3.8) is 0 Å². The molecule has 1 atom stereocenters. The van der Waals surface area contributed by atoms with Gasteiger partial charge in [0.15, 0.2) is 0 Å². The quantitative estimate of drug-likeness (QED) is 0.660. The number of hydrogen-bond donors (Lipinski definition) is 4. The maximum absolute atomic E-state index is 11.5. The van der Waals surface area contributed by atoms with Gasteiger partial charge in [0.25, 0.3) is 0 Å².